The van der Waals surface area contributed by atoms with Gasteiger partial charge >= 0.3 is 0 Å². The van der Waals surface area contributed by atoms with Crippen molar-refractivity contribution in [1.82, 2.24) is 4.90 Å². The Morgan fingerprint density at radius 1 is 1.10 bits per heavy atom. The van der Waals surface area contributed by atoms with Gasteiger partial charge in [-0.15, -0.1) is 0 Å². The first-order valence-corrected chi connectivity index (χ1v) is 4.31. The Morgan fingerprint density at radius 2 is 1.70 bits per heavy atom. The van der Waals surface area contributed by atoms with Crippen LogP contribution in [0.1, 0.15) is 19.3 Å². The number of ether oxygens (including phenoxy) is 1. The van der Waals surface area contributed by atoms with Crippen LogP contribution in [0.15, 0.2) is 0 Å². The predicted molar refractivity (Wildman–Crippen MR) is 37.9 cm³/mol. The highest BCUT2D eigenvalue weighted by Crippen LogP contribution is 2.35. The number of nitrogens with zero attached hydrogens (tertiary/aromatic N) is 1. The minimum atomic E-state index is 0.611. The third-order valence-electron chi connectivity index (χ3n) is 2.85. The van der Waals surface area contributed by atoms with Crippen LogP contribution >= 0.6 is 0 Å². The van der Waals surface area contributed by atoms with Crippen molar-refractivity contribution < 1.29 is 4.74 Å². The zero-order valence-corrected chi connectivity index (χ0v) is 6.12. The SMILES string of the molecule is C1C2CN(C3CC3)CC1O2. The molecule has 0 spiro atoms. The summed E-state index contributed by atoms with van der Waals surface area (Å²) >= 11 is 0. The molecule has 0 aromatic rings. The van der Waals surface area contributed by atoms with Crippen molar-refractivity contribution in [3.05, 3.63) is 0 Å². The van der Waals surface area contributed by atoms with Crippen molar-refractivity contribution in [1.29, 1.82) is 0 Å². The average molecular weight is 139 g/mol. The molecule has 0 amide bonds. The van der Waals surface area contributed by atoms with Gasteiger partial charge in [0, 0.05) is 25.6 Å². The lowest BCUT2D eigenvalue weighted by atomic mass is 9.99. The first kappa shape index (κ1) is 5.56. The molecule has 1 saturated carbocycles. The van der Waals surface area contributed by atoms with Crippen LogP contribution in [-0.2, 0) is 4.74 Å². The molecule has 2 nitrogen and oxygen atoms in total. The molecule has 3 heterocycles. The highest BCUT2D eigenvalue weighted by Gasteiger charge is 2.42. The summed E-state index contributed by atoms with van der Waals surface area (Å²) < 4.78 is 5.54. The molecular weight excluding hydrogens is 126 g/mol. The minimum Gasteiger partial charge on any atom is -0.372 e. The van der Waals surface area contributed by atoms with Crippen LogP contribution in [0.5, 0.6) is 0 Å². The molecular formula is C8H13NO. The largest absolute Gasteiger partial charge is 0.372 e. The van der Waals surface area contributed by atoms with Gasteiger partial charge in [0.05, 0.1) is 12.2 Å². The minimum absolute atomic E-state index is 0.611. The van der Waals surface area contributed by atoms with Gasteiger partial charge in [-0.25, -0.2) is 0 Å². The quantitative estimate of drug-likeness (QED) is 0.528. The van der Waals surface area contributed by atoms with Gasteiger partial charge in [-0.1, -0.05) is 0 Å². The molecule has 0 radical (unpaired) electrons. The van der Waals surface area contributed by atoms with Crippen LogP contribution < -0.4 is 0 Å². The summed E-state index contributed by atoms with van der Waals surface area (Å²) in [6, 6.07) is 0.953. The third kappa shape index (κ3) is 0.722. The molecule has 4 aliphatic rings. The van der Waals surface area contributed by atoms with Gasteiger partial charge in [0.1, 0.15) is 0 Å². The number of fused-ring (bicyclic) bond motifs is 2. The van der Waals surface area contributed by atoms with E-state index >= 15 is 0 Å². The third-order valence-corrected chi connectivity index (χ3v) is 2.85. The van der Waals surface area contributed by atoms with Crippen molar-refractivity contribution in [2.45, 2.75) is 37.5 Å². The topological polar surface area (TPSA) is 12.5 Å². The second-order valence-electron chi connectivity index (χ2n) is 3.80. The smallest absolute Gasteiger partial charge is 0.0731 e. The molecule has 56 valence electrons. The second kappa shape index (κ2) is 1.74. The van der Waals surface area contributed by atoms with Crippen molar-refractivity contribution in [3.8, 4) is 0 Å². The maximum atomic E-state index is 5.54. The maximum absolute atomic E-state index is 5.54. The molecule has 4 fully saturated rings. The fourth-order valence-electron chi connectivity index (χ4n) is 2.12. The number of hydrogen-bond donors (Lipinski definition) is 0. The Bertz CT molecular complexity index is 139. The number of piperidine rings is 1. The number of morpholine rings is 1. The fourth-order valence-corrected chi connectivity index (χ4v) is 2.12. The van der Waals surface area contributed by atoms with Gasteiger partial charge in [-0.3, -0.25) is 4.90 Å². The highest BCUT2D eigenvalue weighted by atomic mass is 16.5. The summed E-state index contributed by atoms with van der Waals surface area (Å²) in [6.45, 7) is 2.45. The summed E-state index contributed by atoms with van der Waals surface area (Å²) in [6.07, 6.45) is 5.45. The van der Waals surface area contributed by atoms with Gasteiger partial charge in [0.15, 0.2) is 0 Å². The summed E-state index contributed by atoms with van der Waals surface area (Å²) in [4.78, 5) is 2.61. The summed E-state index contributed by atoms with van der Waals surface area (Å²) in [5.41, 5.74) is 0. The van der Waals surface area contributed by atoms with Crippen LogP contribution in [0.3, 0.4) is 0 Å². The van der Waals surface area contributed by atoms with Gasteiger partial charge in [0.2, 0.25) is 0 Å². The molecule has 2 atom stereocenters. The Morgan fingerprint density at radius 3 is 2.20 bits per heavy atom. The van der Waals surface area contributed by atoms with Gasteiger partial charge in [-0.2, -0.15) is 0 Å². The second-order valence-corrected chi connectivity index (χ2v) is 3.80. The van der Waals surface area contributed by atoms with Crippen LogP contribution in [-0.4, -0.2) is 36.2 Å². The van der Waals surface area contributed by atoms with E-state index in [4.69, 9.17) is 4.74 Å². The van der Waals surface area contributed by atoms with E-state index in [0.717, 1.165) is 6.04 Å². The molecule has 3 saturated heterocycles. The summed E-state index contributed by atoms with van der Waals surface area (Å²) in [5.74, 6) is 0. The van der Waals surface area contributed by atoms with Crippen LogP contribution in [0.4, 0.5) is 0 Å². The molecule has 0 aromatic heterocycles. The van der Waals surface area contributed by atoms with Gasteiger partial charge in [0.25, 0.3) is 0 Å². The van der Waals surface area contributed by atoms with Crippen LogP contribution in [0.2, 0.25) is 0 Å². The molecule has 1 aliphatic carbocycles. The van der Waals surface area contributed by atoms with Crippen molar-refractivity contribution in [3.63, 3.8) is 0 Å². The lowest BCUT2D eigenvalue weighted by Crippen LogP contribution is -2.57. The Labute approximate surface area is 61.1 Å². The standard InChI is InChI=1S/C8H13NO/c1-2-6(1)9-4-7-3-8(5-9)10-7/h6-8H,1-5H2. The summed E-state index contributed by atoms with van der Waals surface area (Å²) in [5, 5.41) is 0. The number of rotatable bonds is 1. The van der Waals surface area contributed by atoms with E-state index in [1.54, 1.807) is 0 Å². The molecule has 10 heavy (non-hydrogen) atoms. The lowest BCUT2D eigenvalue weighted by molar-refractivity contribution is -0.182. The normalized spacial score (nSPS) is 46.8. The molecule has 0 aromatic carbocycles. The zero-order chi connectivity index (χ0) is 6.55. The van der Waals surface area contributed by atoms with E-state index in [0.29, 0.717) is 12.2 Å². The predicted octanol–water partition coefficient (Wildman–Crippen LogP) is 0.622. The maximum Gasteiger partial charge on any atom is 0.0731 e. The van der Waals surface area contributed by atoms with E-state index in [1.165, 1.54) is 32.4 Å². The Hall–Kier alpha value is -0.0800. The first-order chi connectivity index (χ1) is 4.92. The zero-order valence-electron chi connectivity index (χ0n) is 6.12. The van der Waals surface area contributed by atoms with E-state index < -0.39 is 0 Å². The van der Waals surface area contributed by atoms with Crippen molar-refractivity contribution in [2.24, 2.45) is 0 Å². The van der Waals surface area contributed by atoms with E-state index in [-0.39, 0.29) is 0 Å². The first-order valence-electron chi connectivity index (χ1n) is 4.31. The van der Waals surface area contributed by atoms with E-state index in [9.17, 15) is 0 Å². The average Bonchev–Trinajstić information content (AvgIpc) is 2.67. The molecule has 0 N–H and O–H groups in total. The lowest BCUT2D eigenvalue weighted by Gasteiger charge is -2.47. The van der Waals surface area contributed by atoms with Gasteiger partial charge < -0.3 is 4.74 Å². The summed E-state index contributed by atoms with van der Waals surface area (Å²) in [7, 11) is 0. The van der Waals surface area contributed by atoms with E-state index in [2.05, 4.69) is 4.90 Å². The van der Waals surface area contributed by atoms with Gasteiger partial charge in [-0.05, 0) is 12.8 Å². The molecule has 4 rings (SSSR count). The highest BCUT2D eigenvalue weighted by molar-refractivity contribution is 4.95. The number of hydrogen-bond acceptors (Lipinski definition) is 2. The molecule has 3 aliphatic heterocycles. The molecule has 2 bridgehead atoms. The molecule has 2 heteroatoms. The Kier molecular flexibility index (Phi) is 0.968. The van der Waals surface area contributed by atoms with Crippen molar-refractivity contribution in [2.75, 3.05) is 13.1 Å². The Balaban J connectivity index is 1.67. The van der Waals surface area contributed by atoms with E-state index in [1.807, 2.05) is 0 Å². The monoisotopic (exact) mass is 139 g/mol. The van der Waals surface area contributed by atoms with Crippen LogP contribution in [0.25, 0.3) is 0 Å². The fraction of sp³-hybridized carbons (Fsp3) is 1.00. The van der Waals surface area contributed by atoms with Crippen molar-refractivity contribution >= 4 is 0 Å². The molecule has 2 unspecified atom stereocenters. The van der Waals surface area contributed by atoms with Crippen LogP contribution in [0, 0.1) is 0 Å².